The SMILES string of the molecule is CNC(=O)C1CNCCN1C1CCN(C(C)C)CC1. The lowest BCUT2D eigenvalue weighted by atomic mass is 9.98. The van der Waals surface area contributed by atoms with Gasteiger partial charge in [-0.1, -0.05) is 0 Å². The summed E-state index contributed by atoms with van der Waals surface area (Å²) in [7, 11) is 1.73. The normalized spacial score (nSPS) is 27.7. The van der Waals surface area contributed by atoms with E-state index in [1.165, 1.54) is 12.8 Å². The largest absolute Gasteiger partial charge is 0.358 e. The van der Waals surface area contributed by atoms with Crippen molar-refractivity contribution in [3.05, 3.63) is 0 Å². The molecule has 1 atom stereocenters. The van der Waals surface area contributed by atoms with Gasteiger partial charge in [0.1, 0.15) is 6.04 Å². The molecule has 2 rings (SSSR count). The Bertz CT molecular complexity index is 300. The zero-order valence-electron chi connectivity index (χ0n) is 12.5. The minimum absolute atomic E-state index is 0.00866. The second kappa shape index (κ2) is 6.68. The predicted molar refractivity (Wildman–Crippen MR) is 77.2 cm³/mol. The number of carbonyl (C=O) groups is 1. The van der Waals surface area contributed by atoms with E-state index in [-0.39, 0.29) is 11.9 Å². The van der Waals surface area contributed by atoms with Crippen LogP contribution in [0.2, 0.25) is 0 Å². The number of amides is 1. The van der Waals surface area contributed by atoms with E-state index in [1.54, 1.807) is 7.05 Å². The van der Waals surface area contributed by atoms with Gasteiger partial charge in [0.2, 0.25) is 5.91 Å². The molecule has 1 amide bonds. The molecule has 0 spiro atoms. The van der Waals surface area contributed by atoms with Gasteiger partial charge in [-0.25, -0.2) is 0 Å². The van der Waals surface area contributed by atoms with E-state index >= 15 is 0 Å². The molecule has 1 unspecified atom stereocenters. The molecule has 19 heavy (non-hydrogen) atoms. The Labute approximate surface area is 116 Å². The van der Waals surface area contributed by atoms with Gasteiger partial charge in [0.05, 0.1) is 0 Å². The zero-order chi connectivity index (χ0) is 13.8. The lowest BCUT2D eigenvalue weighted by Crippen LogP contribution is -2.62. The van der Waals surface area contributed by atoms with Gasteiger partial charge in [0, 0.05) is 38.8 Å². The number of hydrogen-bond donors (Lipinski definition) is 2. The maximum absolute atomic E-state index is 12.0. The highest BCUT2D eigenvalue weighted by Gasteiger charge is 2.34. The molecule has 0 bridgehead atoms. The van der Waals surface area contributed by atoms with Gasteiger partial charge in [0.15, 0.2) is 0 Å². The lowest BCUT2D eigenvalue weighted by molar-refractivity contribution is -0.128. The number of piperazine rings is 1. The number of rotatable bonds is 3. The van der Waals surface area contributed by atoms with Crippen LogP contribution in [0.5, 0.6) is 0 Å². The number of carbonyl (C=O) groups excluding carboxylic acids is 1. The van der Waals surface area contributed by atoms with Crippen molar-refractivity contribution in [2.45, 2.75) is 44.8 Å². The summed E-state index contributed by atoms with van der Waals surface area (Å²) in [5.74, 6) is 0.151. The molecule has 0 saturated carbocycles. The molecule has 0 radical (unpaired) electrons. The average molecular weight is 268 g/mol. The Morgan fingerprint density at radius 3 is 2.53 bits per heavy atom. The Morgan fingerprint density at radius 2 is 1.95 bits per heavy atom. The van der Waals surface area contributed by atoms with Crippen molar-refractivity contribution < 1.29 is 4.79 Å². The first-order chi connectivity index (χ1) is 9.13. The van der Waals surface area contributed by atoms with Crippen molar-refractivity contribution >= 4 is 5.91 Å². The first-order valence-electron chi connectivity index (χ1n) is 7.55. The van der Waals surface area contributed by atoms with Crippen LogP contribution in [0.3, 0.4) is 0 Å². The van der Waals surface area contributed by atoms with Gasteiger partial charge in [0.25, 0.3) is 0 Å². The molecule has 2 N–H and O–H groups in total. The predicted octanol–water partition coefficient (Wildman–Crippen LogP) is -0.121. The highest BCUT2D eigenvalue weighted by molar-refractivity contribution is 5.81. The summed E-state index contributed by atoms with van der Waals surface area (Å²) >= 11 is 0. The summed E-state index contributed by atoms with van der Waals surface area (Å²) in [6.45, 7) is 9.61. The summed E-state index contributed by atoms with van der Waals surface area (Å²) in [5, 5.41) is 6.13. The van der Waals surface area contributed by atoms with Gasteiger partial charge in [-0.15, -0.1) is 0 Å². The zero-order valence-corrected chi connectivity index (χ0v) is 12.5. The molecule has 2 heterocycles. The number of nitrogens with one attached hydrogen (secondary N) is 2. The second-order valence-corrected chi connectivity index (χ2v) is 5.93. The summed E-state index contributed by atoms with van der Waals surface area (Å²) in [4.78, 5) is 16.9. The molecule has 2 aliphatic heterocycles. The molecule has 110 valence electrons. The van der Waals surface area contributed by atoms with Gasteiger partial charge in [-0.2, -0.15) is 0 Å². The molecule has 2 fully saturated rings. The summed E-state index contributed by atoms with van der Waals surface area (Å²) < 4.78 is 0. The lowest BCUT2D eigenvalue weighted by Gasteiger charge is -2.44. The van der Waals surface area contributed by atoms with Crippen LogP contribution in [0.1, 0.15) is 26.7 Å². The molecule has 5 nitrogen and oxygen atoms in total. The molecule has 0 aliphatic carbocycles. The first-order valence-corrected chi connectivity index (χ1v) is 7.55. The van der Waals surface area contributed by atoms with Gasteiger partial charge >= 0.3 is 0 Å². The highest BCUT2D eigenvalue weighted by atomic mass is 16.2. The number of nitrogens with zero attached hydrogens (tertiary/aromatic N) is 2. The smallest absolute Gasteiger partial charge is 0.238 e. The Kier molecular flexibility index (Phi) is 5.19. The van der Waals surface area contributed by atoms with Crippen molar-refractivity contribution in [3.8, 4) is 0 Å². The van der Waals surface area contributed by atoms with Crippen LogP contribution in [0.25, 0.3) is 0 Å². The van der Waals surface area contributed by atoms with E-state index in [1.807, 2.05) is 0 Å². The Balaban J connectivity index is 1.94. The fourth-order valence-corrected chi connectivity index (χ4v) is 3.30. The molecule has 0 aromatic heterocycles. The maximum atomic E-state index is 12.0. The number of hydrogen-bond acceptors (Lipinski definition) is 4. The molecule has 2 saturated heterocycles. The number of piperidine rings is 1. The summed E-state index contributed by atoms with van der Waals surface area (Å²) in [5.41, 5.74) is 0. The molecular formula is C14H28N4O. The molecule has 5 heteroatoms. The van der Waals surface area contributed by atoms with Crippen molar-refractivity contribution in [1.82, 2.24) is 20.4 Å². The molecular weight excluding hydrogens is 240 g/mol. The van der Waals surface area contributed by atoms with E-state index in [0.29, 0.717) is 12.1 Å². The van der Waals surface area contributed by atoms with Crippen molar-refractivity contribution in [2.24, 2.45) is 0 Å². The van der Waals surface area contributed by atoms with E-state index in [4.69, 9.17) is 0 Å². The second-order valence-electron chi connectivity index (χ2n) is 5.93. The highest BCUT2D eigenvalue weighted by Crippen LogP contribution is 2.21. The van der Waals surface area contributed by atoms with Crippen LogP contribution in [0.15, 0.2) is 0 Å². The monoisotopic (exact) mass is 268 g/mol. The third kappa shape index (κ3) is 3.46. The van der Waals surface area contributed by atoms with E-state index in [2.05, 4.69) is 34.3 Å². The van der Waals surface area contributed by atoms with Crippen LogP contribution < -0.4 is 10.6 Å². The molecule has 0 aromatic carbocycles. The minimum atomic E-state index is 0.00866. The van der Waals surface area contributed by atoms with Crippen molar-refractivity contribution in [1.29, 1.82) is 0 Å². The average Bonchev–Trinajstić information content (AvgIpc) is 2.46. The van der Waals surface area contributed by atoms with E-state index in [9.17, 15) is 4.79 Å². The Morgan fingerprint density at radius 1 is 1.26 bits per heavy atom. The maximum Gasteiger partial charge on any atom is 0.238 e. The van der Waals surface area contributed by atoms with E-state index in [0.717, 1.165) is 32.7 Å². The van der Waals surface area contributed by atoms with Crippen molar-refractivity contribution in [3.63, 3.8) is 0 Å². The number of likely N-dealkylation sites (N-methyl/N-ethyl adjacent to an activating group) is 1. The van der Waals surface area contributed by atoms with Crippen LogP contribution in [0.4, 0.5) is 0 Å². The van der Waals surface area contributed by atoms with E-state index < -0.39 is 0 Å². The van der Waals surface area contributed by atoms with Gasteiger partial charge in [-0.05, 0) is 39.8 Å². The number of likely N-dealkylation sites (tertiary alicyclic amines) is 1. The summed E-state index contributed by atoms with van der Waals surface area (Å²) in [6, 6.07) is 1.22. The topological polar surface area (TPSA) is 47.6 Å². The molecule has 0 aromatic rings. The van der Waals surface area contributed by atoms with Gasteiger partial charge < -0.3 is 15.5 Å². The quantitative estimate of drug-likeness (QED) is 0.749. The fourth-order valence-electron chi connectivity index (χ4n) is 3.30. The van der Waals surface area contributed by atoms with Crippen LogP contribution in [-0.2, 0) is 4.79 Å². The third-order valence-electron chi connectivity index (χ3n) is 4.53. The van der Waals surface area contributed by atoms with Gasteiger partial charge in [-0.3, -0.25) is 9.69 Å². The van der Waals surface area contributed by atoms with Crippen LogP contribution in [0, 0.1) is 0 Å². The fraction of sp³-hybridized carbons (Fsp3) is 0.929. The van der Waals surface area contributed by atoms with Crippen LogP contribution in [-0.4, -0.2) is 73.6 Å². The third-order valence-corrected chi connectivity index (χ3v) is 4.53. The first kappa shape index (κ1) is 14.8. The van der Waals surface area contributed by atoms with Crippen LogP contribution >= 0.6 is 0 Å². The molecule has 2 aliphatic rings. The summed E-state index contributed by atoms with van der Waals surface area (Å²) in [6.07, 6.45) is 2.37. The standard InChI is InChI=1S/C14H28N4O/c1-11(2)17-7-4-12(5-8-17)18-9-6-16-10-13(18)14(19)15-3/h11-13,16H,4-10H2,1-3H3,(H,15,19). The Hall–Kier alpha value is -0.650. The van der Waals surface area contributed by atoms with Crippen molar-refractivity contribution in [2.75, 3.05) is 39.8 Å². The minimum Gasteiger partial charge on any atom is -0.358 e.